The van der Waals surface area contributed by atoms with Crippen LogP contribution in [0.15, 0.2) is 18.2 Å². The smallest absolute Gasteiger partial charge is 0.748 e. The summed E-state index contributed by atoms with van der Waals surface area (Å²) in [5, 5.41) is 0. The van der Waals surface area contributed by atoms with E-state index in [-0.39, 0.29) is 47.8 Å². The van der Waals surface area contributed by atoms with Crippen LogP contribution in [-0.2, 0) is 23.0 Å². The van der Waals surface area contributed by atoms with Gasteiger partial charge in [0, 0.05) is 5.75 Å². The van der Waals surface area contributed by atoms with E-state index in [2.05, 4.69) is 32.0 Å². The molecule has 0 spiro atoms. The van der Waals surface area contributed by atoms with E-state index in [1.165, 1.54) is 88.2 Å². The third kappa shape index (κ3) is 17.4. The molecule has 0 heterocycles. The molecule has 4 nitrogen and oxygen atoms in total. The molecule has 1 aromatic carbocycles. The number of hydrogen-bond donors (Lipinski definition) is 0. The van der Waals surface area contributed by atoms with E-state index in [4.69, 9.17) is 4.74 Å². The molecular weight excluding hydrogens is 431 g/mol. The molecule has 1 atom stereocenters. The third-order valence-electron chi connectivity index (χ3n) is 5.78. The zero-order valence-electron chi connectivity index (χ0n) is 21.2. The molecular formula is C26H45NaO4S. The molecule has 0 saturated carbocycles. The average molecular weight is 477 g/mol. The summed E-state index contributed by atoms with van der Waals surface area (Å²) in [6.45, 7) is 6.31. The average Bonchev–Trinajstić information content (AvgIpc) is 2.71. The van der Waals surface area contributed by atoms with Gasteiger partial charge in [0.2, 0.25) is 0 Å². The summed E-state index contributed by atoms with van der Waals surface area (Å²) in [7, 11) is -4.20. The molecule has 0 aliphatic heterocycles. The first-order valence-electron chi connectivity index (χ1n) is 12.6. The Labute approximate surface area is 220 Å². The second-order valence-corrected chi connectivity index (χ2v) is 10.5. The van der Waals surface area contributed by atoms with Gasteiger partial charge in [-0.25, -0.2) is 8.42 Å². The van der Waals surface area contributed by atoms with Crippen molar-refractivity contribution in [3.05, 3.63) is 29.3 Å². The summed E-state index contributed by atoms with van der Waals surface area (Å²) < 4.78 is 38.7. The van der Waals surface area contributed by atoms with Gasteiger partial charge < -0.3 is 9.29 Å². The van der Waals surface area contributed by atoms with Gasteiger partial charge in [0.1, 0.15) is 5.75 Å². The first kappa shape index (κ1) is 31.9. The number of rotatable bonds is 19. The quantitative estimate of drug-likeness (QED) is 0.171. The minimum absolute atomic E-state index is 0. The molecule has 1 aromatic rings. The molecule has 0 bridgehead atoms. The molecule has 0 amide bonds. The van der Waals surface area contributed by atoms with Crippen molar-refractivity contribution >= 4 is 10.1 Å². The van der Waals surface area contributed by atoms with Crippen LogP contribution in [0, 0.1) is 0 Å². The van der Waals surface area contributed by atoms with Gasteiger partial charge >= 0.3 is 29.6 Å². The van der Waals surface area contributed by atoms with Gasteiger partial charge in [0.25, 0.3) is 0 Å². The Morgan fingerprint density at radius 1 is 0.781 bits per heavy atom. The second kappa shape index (κ2) is 19.3. The van der Waals surface area contributed by atoms with E-state index in [0.717, 1.165) is 18.6 Å². The summed E-state index contributed by atoms with van der Waals surface area (Å²) in [5.41, 5.74) is 2.61. The number of ether oxygens (including phenoxy) is 1. The van der Waals surface area contributed by atoms with Crippen molar-refractivity contribution in [3.8, 4) is 5.75 Å². The molecule has 0 fully saturated rings. The summed E-state index contributed by atoms with van der Waals surface area (Å²) in [6.07, 6.45) is 17.4. The predicted octanol–water partition coefficient (Wildman–Crippen LogP) is 4.20. The van der Waals surface area contributed by atoms with Crippen molar-refractivity contribution in [2.75, 3.05) is 5.75 Å². The fraction of sp³-hybridized carbons (Fsp3) is 0.769. The maximum Gasteiger partial charge on any atom is 1.00 e. The van der Waals surface area contributed by atoms with Crippen LogP contribution in [0.25, 0.3) is 0 Å². The summed E-state index contributed by atoms with van der Waals surface area (Å²) in [5.74, 6) is 0.427. The fourth-order valence-electron chi connectivity index (χ4n) is 3.91. The van der Waals surface area contributed by atoms with Crippen molar-refractivity contribution in [1.82, 2.24) is 0 Å². The Morgan fingerprint density at radius 2 is 1.22 bits per heavy atom. The van der Waals surface area contributed by atoms with Crippen molar-refractivity contribution in [3.63, 3.8) is 0 Å². The van der Waals surface area contributed by atoms with Gasteiger partial charge in [-0.2, -0.15) is 0 Å². The third-order valence-corrected chi connectivity index (χ3v) is 6.51. The van der Waals surface area contributed by atoms with Crippen molar-refractivity contribution in [2.45, 2.75) is 123 Å². The largest absolute Gasteiger partial charge is 1.00 e. The van der Waals surface area contributed by atoms with Gasteiger partial charge in [-0.1, -0.05) is 84.1 Å². The standard InChI is InChI=1S/C26H46O4S.Na/c1-4-6-8-10-12-14-16-24-20-25(17-15-13-11-9-7-5-2)22-26(21-24)30-23(3)18-19-31(27,28)29;/h20-23H,4-19H2,1-3H3,(H,27,28,29);/q;+1/p-1. The maximum atomic E-state index is 10.9. The zero-order valence-corrected chi connectivity index (χ0v) is 24.0. The van der Waals surface area contributed by atoms with Crippen molar-refractivity contribution in [1.29, 1.82) is 0 Å². The van der Waals surface area contributed by atoms with Crippen LogP contribution in [0.5, 0.6) is 5.75 Å². The number of unbranched alkanes of at least 4 members (excludes halogenated alkanes) is 10. The summed E-state index contributed by atoms with van der Waals surface area (Å²) in [4.78, 5) is 0. The zero-order chi connectivity index (χ0) is 23.0. The van der Waals surface area contributed by atoms with Crippen LogP contribution in [0.4, 0.5) is 0 Å². The molecule has 0 aliphatic rings. The second-order valence-electron chi connectivity index (χ2n) is 9.00. The van der Waals surface area contributed by atoms with Gasteiger partial charge in [-0.3, -0.25) is 0 Å². The molecule has 6 heteroatoms. The molecule has 32 heavy (non-hydrogen) atoms. The van der Waals surface area contributed by atoms with Gasteiger partial charge in [-0.15, -0.1) is 0 Å². The van der Waals surface area contributed by atoms with Crippen LogP contribution in [0.1, 0.15) is 115 Å². The van der Waals surface area contributed by atoms with Gasteiger partial charge in [-0.05, 0) is 62.3 Å². The van der Waals surface area contributed by atoms with Crippen LogP contribution in [0.2, 0.25) is 0 Å². The topological polar surface area (TPSA) is 66.4 Å². The summed E-state index contributed by atoms with van der Waals surface area (Å²) >= 11 is 0. The predicted molar refractivity (Wildman–Crippen MR) is 130 cm³/mol. The summed E-state index contributed by atoms with van der Waals surface area (Å²) in [6, 6.07) is 6.51. The molecule has 1 unspecified atom stereocenters. The van der Waals surface area contributed by atoms with Crippen LogP contribution in [0.3, 0.4) is 0 Å². The molecule has 1 rings (SSSR count). The Kier molecular flexibility index (Phi) is 19.2. The Balaban J connectivity index is 0.00000961. The van der Waals surface area contributed by atoms with E-state index >= 15 is 0 Å². The van der Waals surface area contributed by atoms with E-state index in [1.807, 2.05) is 6.92 Å². The van der Waals surface area contributed by atoms with E-state index < -0.39 is 10.1 Å². The Hall–Kier alpha value is -0.0700. The molecule has 0 aromatic heterocycles. The van der Waals surface area contributed by atoms with Gasteiger partial charge in [0.05, 0.1) is 16.2 Å². The SMILES string of the molecule is CCCCCCCCc1cc(CCCCCCCC)cc(OC(C)CCS(=O)(=O)[O-])c1.[Na+]. The van der Waals surface area contributed by atoms with E-state index in [0.29, 0.717) is 0 Å². The minimum atomic E-state index is -4.20. The first-order valence-corrected chi connectivity index (χ1v) is 14.1. The molecule has 0 radical (unpaired) electrons. The Morgan fingerprint density at radius 3 is 1.66 bits per heavy atom. The molecule has 0 N–H and O–H groups in total. The number of aryl methyl sites for hydroxylation is 2. The normalized spacial score (nSPS) is 12.4. The van der Waals surface area contributed by atoms with Gasteiger partial charge in [0.15, 0.2) is 0 Å². The van der Waals surface area contributed by atoms with E-state index in [9.17, 15) is 13.0 Å². The molecule has 0 aliphatic carbocycles. The number of hydrogen-bond acceptors (Lipinski definition) is 4. The van der Waals surface area contributed by atoms with Crippen molar-refractivity contribution in [2.24, 2.45) is 0 Å². The minimum Gasteiger partial charge on any atom is -0.748 e. The van der Waals surface area contributed by atoms with Crippen LogP contribution in [-0.4, -0.2) is 24.8 Å². The van der Waals surface area contributed by atoms with Crippen LogP contribution < -0.4 is 34.3 Å². The Bertz CT molecular complexity index is 657. The maximum absolute atomic E-state index is 10.9. The number of benzene rings is 1. The first-order chi connectivity index (χ1) is 14.8. The van der Waals surface area contributed by atoms with Crippen molar-refractivity contribution < 1.29 is 47.3 Å². The molecule has 180 valence electrons. The molecule has 0 saturated heterocycles. The fourth-order valence-corrected chi connectivity index (χ4v) is 4.53. The van der Waals surface area contributed by atoms with Crippen LogP contribution >= 0.6 is 0 Å². The monoisotopic (exact) mass is 476 g/mol. The van der Waals surface area contributed by atoms with E-state index in [1.54, 1.807) is 0 Å².